The standard InChI is InChI=1S/C17H21NO2S/c1-13(2)14-8-10-15(11-9-14)17(12-18)21(19,20)16-6-4-3-5-7-16/h3-11,13,17H,12,18H2,1-2H3. The Morgan fingerprint density at radius 2 is 1.43 bits per heavy atom. The lowest BCUT2D eigenvalue weighted by atomic mass is 10.0. The van der Waals surface area contributed by atoms with Gasteiger partial charge in [0.15, 0.2) is 9.84 Å². The van der Waals surface area contributed by atoms with Crippen LogP contribution >= 0.6 is 0 Å². The third-order valence-electron chi connectivity index (χ3n) is 3.64. The van der Waals surface area contributed by atoms with Crippen molar-refractivity contribution in [2.45, 2.75) is 29.9 Å². The van der Waals surface area contributed by atoms with Gasteiger partial charge in [0, 0.05) is 6.54 Å². The Morgan fingerprint density at radius 1 is 0.905 bits per heavy atom. The van der Waals surface area contributed by atoms with E-state index in [4.69, 9.17) is 5.73 Å². The van der Waals surface area contributed by atoms with Crippen molar-refractivity contribution in [2.75, 3.05) is 6.54 Å². The smallest absolute Gasteiger partial charge is 0.186 e. The first-order valence-electron chi connectivity index (χ1n) is 7.05. The predicted molar refractivity (Wildman–Crippen MR) is 86.0 cm³/mol. The highest BCUT2D eigenvalue weighted by atomic mass is 32.2. The second-order valence-electron chi connectivity index (χ2n) is 5.40. The van der Waals surface area contributed by atoms with Gasteiger partial charge in [0.25, 0.3) is 0 Å². The van der Waals surface area contributed by atoms with Gasteiger partial charge in [-0.3, -0.25) is 0 Å². The van der Waals surface area contributed by atoms with E-state index in [1.165, 1.54) is 5.56 Å². The fraction of sp³-hybridized carbons (Fsp3) is 0.294. The Balaban J connectivity index is 2.40. The van der Waals surface area contributed by atoms with Crippen molar-refractivity contribution in [3.8, 4) is 0 Å². The van der Waals surface area contributed by atoms with Gasteiger partial charge < -0.3 is 5.73 Å². The van der Waals surface area contributed by atoms with Gasteiger partial charge in [-0.25, -0.2) is 8.42 Å². The fourth-order valence-corrected chi connectivity index (χ4v) is 3.95. The minimum atomic E-state index is -3.46. The van der Waals surface area contributed by atoms with E-state index in [1.807, 2.05) is 24.3 Å². The molecule has 2 N–H and O–H groups in total. The molecule has 0 amide bonds. The monoisotopic (exact) mass is 303 g/mol. The lowest BCUT2D eigenvalue weighted by molar-refractivity contribution is 0.582. The van der Waals surface area contributed by atoms with Gasteiger partial charge in [-0.2, -0.15) is 0 Å². The van der Waals surface area contributed by atoms with Crippen LogP contribution in [0, 0.1) is 0 Å². The molecule has 1 unspecified atom stereocenters. The Hall–Kier alpha value is -1.65. The summed E-state index contributed by atoms with van der Waals surface area (Å²) >= 11 is 0. The molecule has 2 aromatic rings. The zero-order chi connectivity index (χ0) is 15.5. The largest absolute Gasteiger partial charge is 0.329 e. The molecule has 21 heavy (non-hydrogen) atoms. The highest BCUT2D eigenvalue weighted by Gasteiger charge is 2.27. The Morgan fingerprint density at radius 3 is 1.90 bits per heavy atom. The molecular weight excluding hydrogens is 282 g/mol. The molecule has 1 atom stereocenters. The second kappa shape index (κ2) is 6.41. The molecule has 0 aromatic heterocycles. The summed E-state index contributed by atoms with van der Waals surface area (Å²) in [6.45, 7) is 4.28. The van der Waals surface area contributed by atoms with Gasteiger partial charge in [-0.15, -0.1) is 0 Å². The van der Waals surface area contributed by atoms with Crippen molar-refractivity contribution in [1.82, 2.24) is 0 Å². The van der Waals surface area contributed by atoms with Crippen LogP contribution in [0.2, 0.25) is 0 Å². The lowest BCUT2D eigenvalue weighted by Gasteiger charge is -2.17. The summed E-state index contributed by atoms with van der Waals surface area (Å²) in [6, 6.07) is 16.2. The van der Waals surface area contributed by atoms with Crippen LogP contribution in [-0.2, 0) is 9.84 Å². The molecule has 0 saturated carbocycles. The third-order valence-corrected chi connectivity index (χ3v) is 5.78. The molecule has 0 fully saturated rings. The SMILES string of the molecule is CC(C)c1ccc(C(CN)S(=O)(=O)c2ccccc2)cc1. The van der Waals surface area contributed by atoms with Crippen LogP contribution < -0.4 is 5.73 Å². The highest BCUT2D eigenvalue weighted by molar-refractivity contribution is 7.91. The average molecular weight is 303 g/mol. The summed E-state index contributed by atoms with van der Waals surface area (Å²) in [4.78, 5) is 0.313. The van der Waals surface area contributed by atoms with Crippen molar-refractivity contribution in [3.63, 3.8) is 0 Å². The first kappa shape index (κ1) is 15.7. The van der Waals surface area contributed by atoms with Gasteiger partial charge in [-0.05, 0) is 29.2 Å². The molecule has 0 bridgehead atoms. The summed E-state index contributed by atoms with van der Waals surface area (Å²) in [6.07, 6.45) is 0. The quantitative estimate of drug-likeness (QED) is 0.922. The molecule has 2 rings (SSSR count). The van der Waals surface area contributed by atoms with Gasteiger partial charge in [0.05, 0.1) is 4.90 Å². The fourth-order valence-electron chi connectivity index (χ4n) is 2.31. The molecule has 2 aromatic carbocycles. The van der Waals surface area contributed by atoms with Gasteiger partial charge in [-0.1, -0.05) is 56.3 Å². The van der Waals surface area contributed by atoms with Gasteiger partial charge in [0.2, 0.25) is 0 Å². The summed E-state index contributed by atoms with van der Waals surface area (Å²) in [7, 11) is -3.46. The second-order valence-corrected chi connectivity index (χ2v) is 7.53. The number of hydrogen-bond donors (Lipinski definition) is 1. The molecule has 0 heterocycles. The maximum absolute atomic E-state index is 12.7. The normalized spacial score (nSPS) is 13.3. The van der Waals surface area contributed by atoms with Crippen molar-refractivity contribution < 1.29 is 8.42 Å². The molecule has 3 nitrogen and oxygen atoms in total. The van der Waals surface area contributed by atoms with Crippen LogP contribution in [0.1, 0.15) is 36.1 Å². The van der Waals surface area contributed by atoms with Crippen LogP contribution in [0.25, 0.3) is 0 Å². The van der Waals surface area contributed by atoms with Gasteiger partial charge >= 0.3 is 0 Å². The van der Waals surface area contributed by atoms with Crippen molar-refractivity contribution in [1.29, 1.82) is 0 Å². The summed E-state index contributed by atoms with van der Waals surface area (Å²) in [5.41, 5.74) is 7.68. The highest BCUT2D eigenvalue weighted by Crippen LogP contribution is 2.29. The van der Waals surface area contributed by atoms with Gasteiger partial charge in [0.1, 0.15) is 5.25 Å². The minimum absolute atomic E-state index is 0.0677. The van der Waals surface area contributed by atoms with E-state index < -0.39 is 15.1 Å². The van der Waals surface area contributed by atoms with Crippen LogP contribution in [-0.4, -0.2) is 15.0 Å². The molecule has 0 aliphatic heterocycles. The molecule has 0 saturated heterocycles. The van der Waals surface area contributed by atoms with Crippen molar-refractivity contribution in [3.05, 3.63) is 65.7 Å². The number of benzene rings is 2. The maximum Gasteiger partial charge on any atom is 0.186 e. The topological polar surface area (TPSA) is 60.2 Å². The van der Waals surface area contributed by atoms with E-state index in [9.17, 15) is 8.42 Å². The molecule has 112 valence electrons. The Bertz CT molecular complexity index is 676. The van der Waals surface area contributed by atoms with E-state index >= 15 is 0 Å². The van der Waals surface area contributed by atoms with E-state index in [-0.39, 0.29) is 6.54 Å². The molecule has 4 heteroatoms. The lowest BCUT2D eigenvalue weighted by Crippen LogP contribution is -2.22. The third kappa shape index (κ3) is 3.34. The minimum Gasteiger partial charge on any atom is -0.329 e. The van der Waals surface area contributed by atoms with Crippen LogP contribution in [0.5, 0.6) is 0 Å². The maximum atomic E-state index is 12.7. The average Bonchev–Trinajstić information content (AvgIpc) is 2.49. The van der Waals surface area contributed by atoms with E-state index in [0.29, 0.717) is 10.8 Å². The van der Waals surface area contributed by atoms with E-state index in [2.05, 4.69) is 13.8 Å². The van der Waals surface area contributed by atoms with Crippen molar-refractivity contribution >= 4 is 9.84 Å². The van der Waals surface area contributed by atoms with Crippen LogP contribution in [0.3, 0.4) is 0 Å². The molecule has 0 spiro atoms. The number of rotatable bonds is 5. The van der Waals surface area contributed by atoms with E-state index in [1.54, 1.807) is 30.3 Å². The Kier molecular flexibility index (Phi) is 4.80. The summed E-state index contributed by atoms with van der Waals surface area (Å²) in [5, 5.41) is -0.707. The van der Waals surface area contributed by atoms with E-state index in [0.717, 1.165) is 5.56 Å². The zero-order valence-electron chi connectivity index (χ0n) is 12.4. The number of nitrogens with two attached hydrogens (primary N) is 1. The summed E-state index contributed by atoms with van der Waals surface area (Å²) < 4.78 is 25.4. The number of sulfone groups is 1. The summed E-state index contributed by atoms with van der Waals surface area (Å²) in [5.74, 6) is 0.418. The van der Waals surface area contributed by atoms with Crippen LogP contribution in [0.15, 0.2) is 59.5 Å². The molecule has 0 aliphatic carbocycles. The molecule has 0 aliphatic rings. The zero-order valence-corrected chi connectivity index (χ0v) is 13.2. The number of hydrogen-bond acceptors (Lipinski definition) is 3. The Labute approximate surface area is 126 Å². The molecule has 0 radical (unpaired) electrons. The first-order chi connectivity index (χ1) is 9.96. The first-order valence-corrected chi connectivity index (χ1v) is 8.60. The van der Waals surface area contributed by atoms with Crippen LogP contribution in [0.4, 0.5) is 0 Å². The predicted octanol–water partition coefficient (Wildman–Crippen LogP) is 3.28. The van der Waals surface area contributed by atoms with Crippen molar-refractivity contribution in [2.24, 2.45) is 5.73 Å². The molecular formula is C17H21NO2S.